The van der Waals surface area contributed by atoms with Gasteiger partial charge in [-0.1, -0.05) is 36.4 Å². The third-order valence-electron chi connectivity index (χ3n) is 3.43. The first-order valence-electron chi connectivity index (χ1n) is 6.83. The Bertz CT molecular complexity index is 848. The third-order valence-corrected chi connectivity index (χ3v) is 4.50. The molecule has 0 aliphatic carbocycles. The van der Waals surface area contributed by atoms with Crippen molar-refractivity contribution in [2.75, 3.05) is 0 Å². The molecule has 1 heterocycles. The molecule has 0 saturated carbocycles. The van der Waals surface area contributed by atoms with E-state index in [9.17, 15) is 0 Å². The molecule has 22 heavy (non-hydrogen) atoms. The second-order valence-electron chi connectivity index (χ2n) is 4.84. The fourth-order valence-electron chi connectivity index (χ4n) is 2.38. The Kier molecular flexibility index (Phi) is 4.49. The first-order valence-corrected chi connectivity index (χ1v) is 7.65. The Morgan fingerprint density at radius 1 is 0.818 bits per heavy atom. The topological polar surface area (TPSA) is 12.9 Å². The van der Waals surface area contributed by atoms with E-state index in [1.54, 1.807) is 11.3 Å². The molecule has 109 valence electrons. The smallest absolute Gasteiger partial charge is 0.0703 e. The van der Waals surface area contributed by atoms with Crippen LogP contribution in [0.1, 0.15) is 0 Å². The van der Waals surface area contributed by atoms with Crippen LogP contribution >= 0.6 is 11.3 Å². The fourth-order valence-corrected chi connectivity index (χ4v) is 3.31. The summed E-state index contributed by atoms with van der Waals surface area (Å²) in [5, 5.41) is 1.02. The normalized spacial score (nSPS) is 10.4. The van der Waals surface area contributed by atoms with Crippen LogP contribution in [0.2, 0.25) is 0 Å². The first-order chi connectivity index (χ1) is 10.4. The molecule has 0 spiro atoms. The number of hydrogen-bond acceptors (Lipinski definition) is 2. The number of benzene rings is 3. The summed E-state index contributed by atoms with van der Waals surface area (Å²) in [5.41, 5.74) is 4.53. The van der Waals surface area contributed by atoms with Crippen LogP contribution < -0.4 is 0 Å². The molecule has 0 aliphatic rings. The Morgan fingerprint density at radius 2 is 1.64 bits per heavy atom. The van der Waals surface area contributed by atoms with Gasteiger partial charge in [-0.05, 0) is 23.3 Å². The summed E-state index contributed by atoms with van der Waals surface area (Å²) in [7, 11) is 0. The SMILES string of the molecule is [Ir].[c-]1ccccc1-c1nc2cc(-c3ccccc3)ccc2s1. The van der Waals surface area contributed by atoms with Gasteiger partial charge in [0, 0.05) is 29.8 Å². The van der Waals surface area contributed by atoms with Gasteiger partial charge in [0.2, 0.25) is 0 Å². The zero-order valence-corrected chi connectivity index (χ0v) is 14.8. The Labute approximate surface area is 147 Å². The molecular formula is C19H12IrNS-. The van der Waals surface area contributed by atoms with Gasteiger partial charge < -0.3 is 0 Å². The molecule has 0 bridgehead atoms. The maximum Gasteiger partial charge on any atom is 0.0703 e. The van der Waals surface area contributed by atoms with Gasteiger partial charge in [0.15, 0.2) is 0 Å². The Morgan fingerprint density at radius 3 is 2.41 bits per heavy atom. The molecule has 1 nitrogen and oxygen atoms in total. The van der Waals surface area contributed by atoms with Gasteiger partial charge in [-0.3, -0.25) is 4.98 Å². The van der Waals surface area contributed by atoms with Crippen molar-refractivity contribution in [1.82, 2.24) is 4.98 Å². The third kappa shape index (κ3) is 2.88. The van der Waals surface area contributed by atoms with Gasteiger partial charge in [-0.25, -0.2) is 0 Å². The summed E-state index contributed by atoms with van der Waals surface area (Å²) < 4.78 is 1.21. The predicted molar refractivity (Wildman–Crippen MR) is 89.3 cm³/mol. The van der Waals surface area contributed by atoms with E-state index < -0.39 is 0 Å². The maximum atomic E-state index is 4.76. The fraction of sp³-hybridized carbons (Fsp3) is 0. The molecule has 4 rings (SSSR count). The van der Waals surface area contributed by atoms with Crippen LogP contribution in [-0.4, -0.2) is 4.98 Å². The Balaban J connectivity index is 0.00000144. The van der Waals surface area contributed by atoms with Crippen LogP contribution in [0, 0.1) is 6.07 Å². The number of rotatable bonds is 2. The molecular weight excluding hydrogens is 467 g/mol. The maximum absolute atomic E-state index is 4.76. The molecule has 0 aliphatic heterocycles. The van der Waals surface area contributed by atoms with E-state index in [0.29, 0.717) is 0 Å². The summed E-state index contributed by atoms with van der Waals surface area (Å²) in [4.78, 5) is 4.76. The average Bonchev–Trinajstić information content (AvgIpc) is 2.99. The minimum Gasteiger partial charge on any atom is -0.285 e. The molecule has 0 N–H and O–H groups in total. The van der Waals surface area contributed by atoms with E-state index in [4.69, 9.17) is 4.98 Å². The van der Waals surface area contributed by atoms with Crippen molar-refractivity contribution in [3.63, 3.8) is 0 Å². The molecule has 3 aromatic carbocycles. The standard InChI is InChI=1S/C19H12NS.Ir/c1-3-7-14(8-4-1)16-11-12-18-17(13-16)20-19(21-18)15-9-5-2-6-10-15;/h1-9,11-13H;/q-1;. The van der Waals surface area contributed by atoms with Crippen LogP contribution in [0.5, 0.6) is 0 Å². The van der Waals surface area contributed by atoms with E-state index >= 15 is 0 Å². The minimum absolute atomic E-state index is 0. The monoisotopic (exact) mass is 479 g/mol. The molecule has 3 heteroatoms. The number of thiazole rings is 1. The summed E-state index contributed by atoms with van der Waals surface area (Å²) in [6.07, 6.45) is 0. The minimum atomic E-state index is 0. The van der Waals surface area contributed by atoms with Crippen LogP contribution in [0.15, 0.2) is 72.8 Å². The molecule has 0 amide bonds. The van der Waals surface area contributed by atoms with Crippen LogP contribution in [0.3, 0.4) is 0 Å². The van der Waals surface area contributed by atoms with Gasteiger partial charge >= 0.3 is 0 Å². The summed E-state index contributed by atoms with van der Waals surface area (Å²) in [6.45, 7) is 0. The van der Waals surface area contributed by atoms with Crippen molar-refractivity contribution < 1.29 is 20.1 Å². The first kappa shape index (κ1) is 15.1. The van der Waals surface area contributed by atoms with Gasteiger partial charge in [0.25, 0.3) is 0 Å². The molecule has 0 saturated heterocycles. The molecule has 0 atom stereocenters. The second-order valence-corrected chi connectivity index (χ2v) is 5.87. The molecule has 0 unspecified atom stereocenters. The van der Waals surface area contributed by atoms with Gasteiger partial charge in [-0.15, -0.1) is 35.9 Å². The number of nitrogens with zero attached hydrogens (tertiary/aromatic N) is 1. The zero-order valence-electron chi connectivity index (χ0n) is 11.6. The largest absolute Gasteiger partial charge is 0.285 e. The van der Waals surface area contributed by atoms with E-state index in [0.717, 1.165) is 16.1 Å². The second kappa shape index (κ2) is 6.53. The van der Waals surface area contributed by atoms with Gasteiger partial charge in [-0.2, -0.15) is 11.3 Å². The molecule has 4 aromatic rings. The van der Waals surface area contributed by atoms with Crippen molar-refractivity contribution in [2.24, 2.45) is 0 Å². The van der Waals surface area contributed by atoms with Crippen molar-refractivity contribution in [3.05, 3.63) is 78.9 Å². The van der Waals surface area contributed by atoms with Crippen molar-refractivity contribution in [2.45, 2.75) is 0 Å². The van der Waals surface area contributed by atoms with Crippen molar-refractivity contribution in [1.29, 1.82) is 0 Å². The summed E-state index contributed by atoms with van der Waals surface area (Å²) >= 11 is 1.71. The van der Waals surface area contributed by atoms with E-state index in [2.05, 4.69) is 54.6 Å². The van der Waals surface area contributed by atoms with E-state index in [1.165, 1.54) is 15.8 Å². The predicted octanol–water partition coefficient (Wildman–Crippen LogP) is 5.43. The number of aromatic nitrogens is 1. The van der Waals surface area contributed by atoms with Crippen molar-refractivity contribution >= 4 is 21.6 Å². The molecule has 1 aromatic heterocycles. The van der Waals surface area contributed by atoms with Crippen molar-refractivity contribution in [3.8, 4) is 21.7 Å². The van der Waals surface area contributed by atoms with Gasteiger partial charge in [0.1, 0.15) is 0 Å². The van der Waals surface area contributed by atoms with Crippen LogP contribution in [-0.2, 0) is 20.1 Å². The quantitative estimate of drug-likeness (QED) is 0.350. The molecule has 1 radical (unpaired) electrons. The average molecular weight is 479 g/mol. The summed E-state index contributed by atoms with van der Waals surface area (Å²) in [6, 6.07) is 28.1. The molecule has 0 fully saturated rings. The van der Waals surface area contributed by atoms with Crippen LogP contribution in [0.4, 0.5) is 0 Å². The van der Waals surface area contributed by atoms with E-state index in [-0.39, 0.29) is 20.1 Å². The Hall–Kier alpha value is -1.80. The van der Waals surface area contributed by atoms with Crippen LogP contribution in [0.25, 0.3) is 31.9 Å². The number of fused-ring (bicyclic) bond motifs is 1. The van der Waals surface area contributed by atoms with Gasteiger partial charge in [0.05, 0.1) is 5.52 Å². The summed E-state index contributed by atoms with van der Waals surface area (Å²) in [5.74, 6) is 0. The van der Waals surface area contributed by atoms with E-state index in [1.807, 2.05) is 24.3 Å². The number of hydrogen-bond donors (Lipinski definition) is 0. The zero-order chi connectivity index (χ0) is 14.1.